The van der Waals surface area contributed by atoms with Crippen molar-refractivity contribution in [3.63, 3.8) is 0 Å². The van der Waals surface area contributed by atoms with Crippen LogP contribution in [0.3, 0.4) is 0 Å². The molecule has 4 nitrogen and oxygen atoms in total. The fraction of sp³-hybridized carbons (Fsp3) is 0.250. The highest BCUT2D eigenvalue weighted by molar-refractivity contribution is 5.87. The molecule has 0 unspecified atom stereocenters. The summed E-state index contributed by atoms with van der Waals surface area (Å²) in [7, 11) is 0. The highest BCUT2D eigenvalue weighted by Gasteiger charge is 2.36. The van der Waals surface area contributed by atoms with Crippen molar-refractivity contribution in [2.45, 2.75) is 13.8 Å². The van der Waals surface area contributed by atoms with Crippen LogP contribution in [0.2, 0.25) is 0 Å². The van der Waals surface area contributed by atoms with Crippen molar-refractivity contribution in [2.24, 2.45) is 5.41 Å². The second kappa shape index (κ2) is 5.31. The zero-order chi connectivity index (χ0) is 16.7. The smallest absolute Gasteiger partial charge is 0.158 e. The van der Waals surface area contributed by atoms with E-state index in [-0.39, 0.29) is 0 Å². The second-order valence-electron chi connectivity index (χ2n) is 7.01. The SMILES string of the molecule is C#Cc1cccc(-c2ccc3ncnc(N4CC(C)(C)C4)c3n2)c1. The maximum absolute atomic E-state index is 5.51. The van der Waals surface area contributed by atoms with Crippen molar-refractivity contribution in [3.8, 4) is 23.6 Å². The molecule has 0 radical (unpaired) electrons. The largest absolute Gasteiger partial charge is 0.353 e. The van der Waals surface area contributed by atoms with Crippen LogP contribution in [-0.4, -0.2) is 28.0 Å². The number of hydrogen-bond acceptors (Lipinski definition) is 4. The second-order valence-corrected chi connectivity index (χ2v) is 7.01. The Morgan fingerprint density at radius 2 is 1.96 bits per heavy atom. The van der Waals surface area contributed by atoms with Gasteiger partial charge in [-0.1, -0.05) is 31.9 Å². The van der Waals surface area contributed by atoms with E-state index in [4.69, 9.17) is 11.4 Å². The molecule has 1 fully saturated rings. The summed E-state index contributed by atoms with van der Waals surface area (Å²) in [5, 5.41) is 0. The van der Waals surface area contributed by atoms with E-state index in [0.29, 0.717) is 5.41 Å². The minimum Gasteiger partial charge on any atom is -0.353 e. The summed E-state index contributed by atoms with van der Waals surface area (Å²) in [6, 6.07) is 11.8. The van der Waals surface area contributed by atoms with Gasteiger partial charge in [0.25, 0.3) is 0 Å². The van der Waals surface area contributed by atoms with Crippen LogP contribution in [0, 0.1) is 17.8 Å². The van der Waals surface area contributed by atoms with Crippen molar-refractivity contribution in [1.82, 2.24) is 15.0 Å². The van der Waals surface area contributed by atoms with E-state index in [1.165, 1.54) is 0 Å². The molecule has 3 heterocycles. The minimum absolute atomic E-state index is 0.329. The molecule has 0 bridgehead atoms. The van der Waals surface area contributed by atoms with Gasteiger partial charge in [0, 0.05) is 24.2 Å². The van der Waals surface area contributed by atoms with Gasteiger partial charge in [0.2, 0.25) is 0 Å². The van der Waals surface area contributed by atoms with Crippen LogP contribution in [0.25, 0.3) is 22.3 Å². The standard InChI is InChI=1S/C20H18N4/c1-4-14-6-5-7-15(10-14)16-8-9-17-18(23-16)19(22-13-21-17)24-11-20(2,3)12-24/h1,5-10,13H,11-12H2,2-3H3. The van der Waals surface area contributed by atoms with Gasteiger partial charge in [0.1, 0.15) is 11.8 Å². The molecule has 4 heteroatoms. The molecule has 3 aromatic rings. The van der Waals surface area contributed by atoms with Gasteiger partial charge in [-0.05, 0) is 29.7 Å². The third-order valence-corrected chi connectivity index (χ3v) is 4.32. The van der Waals surface area contributed by atoms with E-state index in [2.05, 4.69) is 34.6 Å². The lowest BCUT2D eigenvalue weighted by molar-refractivity contribution is 0.275. The molecule has 0 spiro atoms. The van der Waals surface area contributed by atoms with Gasteiger partial charge < -0.3 is 4.90 Å². The van der Waals surface area contributed by atoms with Crippen molar-refractivity contribution >= 4 is 16.9 Å². The van der Waals surface area contributed by atoms with Gasteiger partial charge >= 0.3 is 0 Å². The zero-order valence-corrected chi connectivity index (χ0v) is 13.8. The van der Waals surface area contributed by atoms with Crippen LogP contribution >= 0.6 is 0 Å². The molecule has 0 saturated carbocycles. The number of nitrogens with zero attached hydrogens (tertiary/aromatic N) is 4. The number of anilines is 1. The lowest BCUT2D eigenvalue weighted by Gasteiger charge is -2.46. The van der Waals surface area contributed by atoms with Gasteiger partial charge in [-0.25, -0.2) is 15.0 Å². The number of pyridine rings is 1. The molecule has 118 valence electrons. The molecular weight excluding hydrogens is 296 g/mol. The van der Waals surface area contributed by atoms with Gasteiger partial charge in [0.15, 0.2) is 5.82 Å². The first-order valence-corrected chi connectivity index (χ1v) is 7.99. The lowest BCUT2D eigenvalue weighted by Crippen LogP contribution is -2.53. The summed E-state index contributed by atoms with van der Waals surface area (Å²) >= 11 is 0. The Morgan fingerprint density at radius 3 is 2.71 bits per heavy atom. The quantitative estimate of drug-likeness (QED) is 0.679. The van der Waals surface area contributed by atoms with Crippen molar-refractivity contribution < 1.29 is 0 Å². The Bertz CT molecular complexity index is 961. The van der Waals surface area contributed by atoms with Crippen LogP contribution in [0.1, 0.15) is 19.4 Å². The normalized spacial score (nSPS) is 15.8. The molecular formula is C20H18N4. The van der Waals surface area contributed by atoms with Crippen LogP contribution in [0.4, 0.5) is 5.82 Å². The number of hydrogen-bond donors (Lipinski definition) is 0. The van der Waals surface area contributed by atoms with Gasteiger partial charge in [-0.3, -0.25) is 0 Å². The van der Waals surface area contributed by atoms with Crippen LogP contribution < -0.4 is 4.90 Å². The van der Waals surface area contributed by atoms with Crippen LogP contribution in [0.5, 0.6) is 0 Å². The first-order valence-electron chi connectivity index (χ1n) is 7.99. The molecule has 0 atom stereocenters. The number of aromatic nitrogens is 3. The number of fused-ring (bicyclic) bond motifs is 1. The number of terminal acetylenes is 1. The lowest BCUT2D eigenvalue weighted by atomic mass is 9.84. The molecule has 1 saturated heterocycles. The fourth-order valence-corrected chi connectivity index (χ4v) is 3.22. The Hall–Kier alpha value is -2.93. The first kappa shape index (κ1) is 14.6. The zero-order valence-electron chi connectivity index (χ0n) is 13.8. The van der Waals surface area contributed by atoms with Crippen molar-refractivity contribution in [3.05, 3.63) is 48.3 Å². The van der Waals surface area contributed by atoms with Gasteiger partial charge in [-0.15, -0.1) is 6.42 Å². The highest BCUT2D eigenvalue weighted by atomic mass is 15.3. The van der Waals surface area contributed by atoms with E-state index < -0.39 is 0 Å². The minimum atomic E-state index is 0.329. The van der Waals surface area contributed by atoms with Crippen molar-refractivity contribution in [2.75, 3.05) is 18.0 Å². The summed E-state index contributed by atoms with van der Waals surface area (Å²) in [6.07, 6.45) is 7.12. The topological polar surface area (TPSA) is 41.9 Å². The van der Waals surface area contributed by atoms with E-state index >= 15 is 0 Å². The predicted molar refractivity (Wildman–Crippen MR) is 96.7 cm³/mol. The molecule has 1 aliphatic heterocycles. The average Bonchev–Trinajstić information content (AvgIpc) is 2.58. The van der Waals surface area contributed by atoms with E-state index in [0.717, 1.165) is 46.8 Å². The summed E-state index contributed by atoms with van der Waals surface area (Å²) in [6.45, 7) is 6.49. The maximum atomic E-state index is 5.51. The third kappa shape index (κ3) is 2.48. The molecule has 24 heavy (non-hydrogen) atoms. The third-order valence-electron chi connectivity index (χ3n) is 4.32. The summed E-state index contributed by atoms with van der Waals surface area (Å²) in [5.74, 6) is 3.58. The Kier molecular flexibility index (Phi) is 3.24. The van der Waals surface area contributed by atoms with Crippen molar-refractivity contribution in [1.29, 1.82) is 0 Å². The van der Waals surface area contributed by atoms with E-state index in [1.54, 1.807) is 6.33 Å². The van der Waals surface area contributed by atoms with Gasteiger partial charge in [0.05, 0.1) is 11.2 Å². The fourth-order valence-electron chi connectivity index (χ4n) is 3.22. The van der Waals surface area contributed by atoms with E-state index in [9.17, 15) is 0 Å². The van der Waals surface area contributed by atoms with E-state index in [1.807, 2.05) is 36.4 Å². The summed E-state index contributed by atoms with van der Waals surface area (Å²) in [4.78, 5) is 15.9. The molecule has 1 aromatic carbocycles. The molecule has 0 N–H and O–H groups in total. The monoisotopic (exact) mass is 314 g/mol. The first-order chi connectivity index (χ1) is 11.6. The van der Waals surface area contributed by atoms with Gasteiger partial charge in [-0.2, -0.15) is 0 Å². The summed E-state index contributed by atoms with van der Waals surface area (Å²) in [5.41, 5.74) is 4.78. The molecule has 4 rings (SSSR count). The number of benzene rings is 1. The number of rotatable bonds is 2. The predicted octanol–water partition coefficient (Wildman–Crippen LogP) is 3.52. The Morgan fingerprint density at radius 1 is 1.12 bits per heavy atom. The average molecular weight is 314 g/mol. The molecule has 1 aliphatic rings. The Balaban J connectivity index is 1.81. The molecule has 2 aromatic heterocycles. The molecule has 0 aliphatic carbocycles. The summed E-state index contributed by atoms with van der Waals surface area (Å²) < 4.78 is 0. The van der Waals surface area contributed by atoms with Crippen LogP contribution in [0.15, 0.2) is 42.7 Å². The maximum Gasteiger partial charge on any atom is 0.158 e. The van der Waals surface area contributed by atoms with Crippen LogP contribution in [-0.2, 0) is 0 Å². The molecule has 0 amide bonds. The Labute approximate surface area is 141 Å². The highest BCUT2D eigenvalue weighted by Crippen LogP contribution is 2.35.